The van der Waals surface area contributed by atoms with Crippen LogP contribution in [0.5, 0.6) is 11.5 Å². The second-order valence-electron chi connectivity index (χ2n) is 10.5. The summed E-state index contributed by atoms with van der Waals surface area (Å²) in [5.74, 6) is -1.42. The van der Waals surface area contributed by atoms with E-state index in [0.29, 0.717) is 36.7 Å². The Kier molecular flexibility index (Phi) is 15.3. The summed E-state index contributed by atoms with van der Waals surface area (Å²) in [6, 6.07) is 3.72. The number of carboxylic acids is 1. The van der Waals surface area contributed by atoms with Crippen LogP contribution < -0.4 is 14.8 Å². The predicted octanol–water partition coefficient (Wildman–Crippen LogP) is 5.08. The summed E-state index contributed by atoms with van der Waals surface area (Å²) in [4.78, 5) is 48.5. The molecule has 9 nitrogen and oxygen atoms in total. The van der Waals surface area contributed by atoms with Crippen molar-refractivity contribution in [2.24, 2.45) is 11.8 Å². The van der Waals surface area contributed by atoms with Crippen molar-refractivity contribution in [2.45, 2.75) is 105 Å². The Balaban J connectivity index is 2.96. The summed E-state index contributed by atoms with van der Waals surface area (Å²) in [5.41, 5.74) is 0.575. The van der Waals surface area contributed by atoms with Crippen LogP contribution in [-0.4, -0.2) is 47.7 Å². The number of hydrogen-bond acceptors (Lipinski definition) is 8. The van der Waals surface area contributed by atoms with Gasteiger partial charge in [0.15, 0.2) is 11.5 Å². The molecule has 0 heterocycles. The molecule has 2 N–H and O–H groups in total. The number of carbonyl (C=O) groups is 4. The third-order valence-corrected chi connectivity index (χ3v) is 5.76. The van der Waals surface area contributed by atoms with Crippen molar-refractivity contribution in [3.05, 3.63) is 23.8 Å². The fourth-order valence-electron chi connectivity index (χ4n) is 3.44. The molecule has 0 amide bonds. The lowest BCUT2D eigenvalue weighted by molar-refractivity contribution is -0.148. The van der Waals surface area contributed by atoms with E-state index in [1.807, 2.05) is 34.6 Å². The number of rotatable bonds is 18. The number of benzene rings is 1. The average molecular weight is 536 g/mol. The number of esters is 3. The summed E-state index contributed by atoms with van der Waals surface area (Å²) in [7, 11) is 0. The second kappa shape index (κ2) is 17.5. The van der Waals surface area contributed by atoms with E-state index < -0.39 is 30.1 Å². The monoisotopic (exact) mass is 535 g/mol. The molecule has 0 fully saturated rings. The van der Waals surface area contributed by atoms with Gasteiger partial charge in [0.1, 0.15) is 12.1 Å². The first-order valence-electron chi connectivity index (χ1n) is 13.6. The number of ether oxygens (including phenoxy) is 3. The minimum absolute atomic E-state index is 0.0734. The van der Waals surface area contributed by atoms with E-state index in [4.69, 9.17) is 14.2 Å². The molecule has 1 aromatic carbocycles. The lowest BCUT2D eigenvalue weighted by Crippen LogP contribution is -2.42. The smallest absolute Gasteiger partial charge is 0.321 e. The van der Waals surface area contributed by atoms with Gasteiger partial charge in [-0.05, 0) is 62.1 Å². The largest absolute Gasteiger partial charge is 0.480 e. The molecule has 0 aliphatic heterocycles. The zero-order chi connectivity index (χ0) is 28.7. The molecule has 0 bridgehead atoms. The standard InChI is InChI=1S/C29H45NO8/c1-7-8-9-26(31)36-21(6)18-30-23(29(34)35)16-22-12-13-24(37-27(32)14-10-19(2)3)25(17-22)38-28(33)15-11-20(4)5/h12-13,17,19-21,23,30H,7-11,14-16,18H2,1-6H3,(H,34,35)/t21?,23-/m0/s1. The third kappa shape index (κ3) is 14.1. The molecule has 0 aliphatic rings. The Labute approximate surface area is 226 Å². The Hall–Kier alpha value is -2.94. The first-order chi connectivity index (χ1) is 17.9. The highest BCUT2D eigenvalue weighted by molar-refractivity contribution is 5.77. The second-order valence-corrected chi connectivity index (χ2v) is 10.5. The van der Waals surface area contributed by atoms with Crippen LogP contribution >= 0.6 is 0 Å². The van der Waals surface area contributed by atoms with E-state index in [-0.39, 0.29) is 43.3 Å². The number of carboxylic acid groups (broad SMARTS) is 1. The maximum atomic E-state index is 12.4. The molecule has 214 valence electrons. The van der Waals surface area contributed by atoms with Gasteiger partial charge in [0.2, 0.25) is 0 Å². The SMILES string of the molecule is CCCCC(=O)OC(C)CN[C@@H](Cc1ccc(OC(=O)CCC(C)C)c(OC(=O)CCC(C)C)c1)C(=O)O. The molecule has 1 aromatic rings. The Morgan fingerprint density at radius 2 is 1.42 bits per heavy atom. The molecular formula is C29H45NO8. The van der Waals surface area contributed by atoms with Gasteiger partial charge in [0.25, 0.3) is 0 Å². The molecule has 0 saturated heterocycles. The molecule has 0 saturated carbocycles. The number of carbonyl (C=O) groups excluding carboxylic acids is 3. The lowest BCUT2D eigenvalue weighted by Gasteiger charge is -2.19. The van der Waals surface area contributed by atoms with Gasteiger partial charge < -0.3 is 24.6 Å². The molecule has 0 aromatic heterocycles. The minimum Gasteiger partial charge on any atom is -0.480 e. The summed E-state index contributed by atoms with van der Waals surface area (Å²) in [5, 5.41) is 12.7. The number of nitrogens with one attached hydrogen (secondary N) is 1. The Morgan fingerprint density at radius 1 is 0.842 bits per heavy atom. The Bertz CT molecular complexity index is 912. The van der Waals surface area contributed by atoms with Gasteiger partial charge in [-0.3, -0.25) is 19.2 Å². The highest BCUT2D eigenvalue weighted by atomic mass is 16.6. The fraction of sp³-hybridized carbons (Fsp3) is 0.655. The maximum absolute atomic E-state index is 12.4. The lowest BCUT2D eigenvalue weighted by atomic mass is 10.0. The number of aliphatic carboxylic acids is 1. The van der Waals surface area contributed by atoms with Crippen LogP contribution in [0.25, 0.3) is 0 Å². The van der Waals surface area contributed by atoms with E-state index in [1.165, 1.54) is 12.1 Å². The van der Waals surface area contributed by atoms with E-state index in [9.17, 15) is 24.3 Å². The zero-order valence-corrected chi connectivity index (χ0v) is 23.7. The first kappa shape index (κ1) is 33.1. The summed E-state index contributed by atoms with van der Waals surface area (Å²) < 4.78 is 16.3. The molecule has 0 radical (unpaired) electrons. The van der Waals surface area contributed by atoms with Crippen LogP contribution in [0.15, 0.2) is 18.2 Å². The maximum Gasteiger partial charge on any atom is 0.321 e. The summed E-state index contributed by atoms with van der Waals surface area (Å²) in [6.45, 7) is 11.9. The first-order valence-corrected chi connectivity index (χ1v) is 13.6. The van der Waals surface area contributed by atoms with Crippen molar-refractivity contribution < 1.29 is 38.5 Å². The fourth-order valence-corrected chi connectivity index (χ4v) is 3.44. The molecular weight excluding hydrogens is 490 g/mol. The molecule has 9 heteroatoms. The van der Waals surface area contributed by atoms with E-state index in [1.54, 1.807) is 13.0 Å². The van der Waals surface area contributed by atoms with Gasteiger partial charge >= 0.3 is 23.9 Å². The topological polar surface area (TPSA) is 128 Å². The van der Waals surface area contributed by atoms with Crippen molar-refractivity contribution >= 4 is 23.9 Å². The van der Waals surface area contributed by atoms with E-state index in [0.717, 1.165) is 12.8 Å². The van der Waals surface area contributed by atoms with Crippen LogP contribution in [0.1, 0.15) is 92.1 Å². The zero-order valence-electron chi connectivity index (χ0n) is 23.7. The van der Waals surface area contributed by atoms with Crippen LogP contribution in [0.4, 0.5) is 0 Å². The highest BCUT2D eigenvalue weighted by Crippen LogP contribution is 2.30. The van der Waals surface area contributed by atoms with Crippen LogP contribution in [0.3, 0.4) is 0 Å². The van der Waals surface area contributed by atoms with Gasteiger partial charge in [-0.25, -0.2) is 0 Å². The molecule has 1 rings (SSSR count). The number of hydrogen-bond donors (Lipinski definition) is 2. The van der Waals surface area contributed by atoms with Crippen molar-refractivity contribution in [2.75, 3.05) is 6.54 Å². The van der Waals surface area contributed by atoms with Crippen LogP contribution in [-0.2, 0) is 30.3 Å². The Morgan fingerprint density at radius 3 is 1.95 bits per heavy atom. The van der Waals surface area contributed by atoms with Gasteiger partial charge in [-0.2, -0.15) is 0 Å². The van der Waals surface area contributed by atoms with E-state index >= 15 is 0 Å². The third-order valence-electron chi connectivity index (χ3n) is 5.76. The number of unbranched alkanes of at least 4 members (excludes halogenated alkanes) is 1. The normalized spacial score (nSPS) is 12.7. The van der Waals surface area contributed by atoms with Crippen molar-refractivity contribution in [3.63, 3.8) is 0 Å². The van der Waals surface area contributed by atoms with Crippen LogP contribution in [0, 0.1) is 11.8 Å². The quantitative estimate of drug-likeness (QED) is 0.195. The predicted molar refractivity (Wildman–Crippen MR) is 144 cm³/mol. The minimum atomic E-state index is -1.07. The van der Waals surface area contributed by atoms with Crippen molar-refractivity contribution in [1.29, 1.82) is 0 Å². The van der Waals surface area contributed by atoms with E-state index in [2.05, 4.69) is 5.32 Å². The van der Waals surface area contributed by atoms with Gasteiger partial charge in [-0.1, -0.05) is 47.1 Å². The van der Waals surface area contributed by atoms with Gasteiger partial charge in [0, 0.05) is 25.8 Å². The average Bonchev–Trinajstić information content (AvgIpc) is 2.83. The van der Waals surface area contributed by atoms with Crippen molar-refractivity contribution in [3.8, 4) is 11.5 Å². The highest BCUT2D eigenvalue weighted by Gasteiger charge is 2.22. The van der Waals surface area contributed by atoms with Crippen molar-refractivity contribution in [1.82, 2.24) is 5.32 Å². The molecule has 38 heavy (non-hydrogen) atoms. The summed E-state index contributed by atoms with van der Waals surface area (Å²) >= 11 is 0. The van der Waals surface area contributed by atoms with Crippen LogP contribution in [0.2, 0.25) is 0 Å². The molecule has 0 aliphatic carbocycles. The molecule has 0 spiro atoms. The molecule has 2 atom stereocenters. The molecule has 1 unspecified atom stereocenters. The summed E-state index contributed by atoms with van der Waals surface area (Å²) in [6.07, 6.45) is 3.28. The van der Waals surface area contributed by atoms with Gasteiger partial charge in [-0.15, -0.1) is 0 Å². The van der Waals surface area contributed by atoms with Gasteiger partial charge in [0.05, 0.1) is 0 Å².